The summed E-state index contributed by atoms with van der Waals surface area (Å²) in [6.07, 6.45) is 1.17. The molecule has 114 valence electrons. The molecule has 2 saturated heterocycles. The molecule has 3 atom stereocenters. The molecule has 22 heavy (non-hydrogen) atoms. The van der Waals surface area contributed by atoms with Gasteiger partial charge >= 0.3 is 0 Å². The highest BCUT2D eigenvalue weighted by Gasteiger charge is 2.38. The van der Waals surface area contributed by atoms with Gasteiger partial charge in [0.2, 0.25) is 0 Å². The number of fused-ring (bicyclic) bond motifs is 3. The van der Waals surface area contributed by atoms with E-state index in [0.29, 0.717) is 22.8 Å². The van der Waals surface area contributed by atoms with Crippen LogP contribution in [-0.4, -0.2) is 42.3 Å². The van der Waals surface area contributed by atoms with Crippen molar-refractivity contribution in [2.45, 2.75) is 19.4 Å². The molecule has 5 heteroatoms. The minimum absolute atomic E-state index is 0.0681. The van der Waals surface area contributed by atoms with Crippen molar-refractivity contribution in [1.29, 1.82) is 0 Å². The Labute approximate surface area is 128 Å². The van der Waals surface area contributed by atoms with E-state index in [-0.39, 0.29) is 17.7 Å². The van der Waals surface area contributed by atoms with Gasteiger partial charge in [0.05, 0.1) is 0 Å². The summed E-state index contributed by atoms with van der Waals surface area (Å²) >= 11 is 0. The van der Waals surface area contributed by atoms with Crippen molar-refractivity contribution in [3.8, 4) is 0 Å². The first-order valence-electron chi connectivity index (χ1n) is 7.68. The van der Waals surface area contributed by atoms with Crippen LogP contribution < -0.4 is 5.32 Å². The minimum atomic E-state index is -0.113. The predicted octanol–water partition coefficient (Wildman–Crippen LogP) is 2.07. The van der Waals surface area contributed by atoms with Crippen LogP contribution in [0, 0.1) is 5.92 Å². The third-order valence-corrected chi connectivity index (χ3v) is 4.78. The van der Waals surface area contributed by atoms with Crippen LogP contribution in [0.2, 0.25) is 0 Å². The molecule has 2 fully saturated rings. The number of benzene rings is 1. The molecule has 2 bridgehead atoms. The predicted molar refractivity (Wildman–Crippen MR) is 82.0 cm³/mol. The first kappa shape index (κ1) is 13.5. The maximum atomic E-state index is 12.4. The van der Waals surface area contributed by atoms with Crippen LogP contribution in [0.1, 0.15) is 34.3 Å². The number of hydrogen-bond donors (Lipinski definition) is 1. The maximum Gasteiger partial charge on any atom is 0.251 e. The van der Waals surface area contributed by atoms with Gasteiger partial charge < -0.3 is 14.6 Å². The first-order valence-corrected chi connectivity index (χ1v) is 7.68. The van der Waals surface area contributed by atoms with E-state index >= 15 is 0 Å². The lowest BCUT2D eigenvalue weighted by Gasteiger charge is -2.23. The van der Waals surface area contributed by atoms with Crippen LogP contribution in [0.25, 0.3) is 11.0 Å². The number of rotatable bonds is 3. The van der Waals surface area contributed by atoms with Gasteiger partial charge in [-0.1, -0.05) is 6.07 Å². The average molecular weight is 298 g/mol. The number of nitrogens with zero attached hydrogens (tertiary/aromatic N) is 1. The van der Waals surface area contributed by atoms with Gasteiger partial charge in [-0.05, 0) is 37.1 Å². The van der Waals surface area contributed by atoms with Crippen LogP contribution in [0.5, 0.6) is 0 Å². The van der Waals surface area contributed by atoms with Gasteiger partial charge in [0.25, 0.3) is 5.91 Å². The number of carbonyl (C=O) groups excluding carboxylic acids is 2. The highest BCUT2D eigenvalue weighted by Crippen LogP contribution is 2.28. The highest BCUT2D eigenvalue weighted by atomic mass is 16.3. The van der Waals surface area contributed by atoms with Crippen LogP contribution in [0.3, 0.4) is 0 Å². The molecule has 0 spiro atoms. The molecule has 1 aromatic carbocycles. The molecule has 1 N–H and O–H groups in total. The zero-order chi connectivity index (χ0) is 15.3. The summed E-state index contributed by atoms with van der Waals surface area (Å²) in [6, 6.07) is 7.28. The Balaban J connectivity index is 1.55. The number of hydrogen-bond acceptors (Lipinski definition) is 4. The van der Waals surface area contributed by atoms with Crippen molar-refractivity contribution in [1.82, 2.24) is 10.2 Å². The molecule has 0 saturated carbocycles. The van der Waals surface area contributed by atoms with E-state index in [1.807, 2.05) is 6.07 Å². The van der Waals surface area contributed by atoms with Crippen molar-refractivity contribution < 1.29 is 14.0 Å². The third kappa shape index (κ3) is 2.22. The first-order chi connectivity index (χ1) is 10.6. The number of nitrogens with one attached hydrogen (secondary N) is 1. The van der Waals surface area contributed by atoms with Gasteiger partial charge in [0, 0.05) is 37.0 Å². The largest absolute Gasteiger partial charge is 0.453 e. The Hall–Kier alpha value is -2.14. The van der Waals surface area contributed by atoms with Gasteiger partial charge in [-0.3, -0.25) is 9.59 Å². The number of piperidine rings is 1. The molecule has 2 aliphatic rings. The number of furan rings is 1. The fraction of sp³-hybridized carbons (Fsp3) is 0.412. The van der Waals surface area contributed by atoms with E-state index in [9.17, 15) is 9.59 Å². The summed E-state index contributed by atoms with van der Waals surface area (Å²) in [7, 11) is 0. The Morgan fingerprint density at radius 2 is 2.14 bits per heavy atom. The quantitative estimate of drug-likeness (QED) is 0.881. The van der Waals surface area contributed by atoms with Gasteiger partial charge in [-0.15, -0.1) is 0 Å². The highest BCUT2D eigenvalue weighted by molar-refractivity contribution is 6.00. The topological polar surface area (TPSA) is 62.6 Å². The van der Waals surface area contributed by atoms with Crippen LogP contribution >= 0.6 is 0 Å². The summed E-state index contributed by atoms with van der Waals surface area (Å²) < 4.78 is 5.50. The maximum absolute atomic E-state index is 12.4. The molecule has 3 heterocycles. The van der Waals surface area contributed by atoms with E-state index in [0.717, 1.165) is 25.0 Å². The van der Waals surface area contributed by atoms with E-state index in [4.69, 9.17) is 4.42 Å². The zero-order valence-electron chi connectivity index (χ0n) is 12.5. The molecule has 4 rings (SSSR count). The smallest absolute Gasteiger partial charge is 0.251 e. The lowest BCUT2D eigenvalue weighted by atomic mass is 9.99. The van der Waals surface area contributed by atoms with Gasteiger partial charge in [0.15, 0.2) is 11.5 Å². The SMILES string of the molecule is CC(=O)c1cc2ccc(C(=O)NC3CN4CC[C@H]3C4)cc2o1. The van der Waals surface area contributed by atoms with Gasteiger partial charge in [0.1, 0.15) is 5.58 Å². The standard InChI is InChI=1S/C17H18N2O3/c1-10(20)15-6-11-2-3-12(7-16(11)22-15)17(21)18-14-9-19-5-4-13(14)8-19/h2-3,6-7,13-14H,4-5,8-9H2,1H3,(H,18,21)/t13-,14?/m0/s1. The van der Waals surface area contributed by atoms with Crippen LogP contribution in [0.4, 0.5) is 0 Å². The minimum Gasteiger partial charge on any atom is -0.453 e. The van der Waals surface area contributed by atoms with Crippen LogP contribution in [0.15, 0.2) is 28.7 Å². The second-order valence-electron chi connectivity index (χ2n) is 6.31. The molecule has 1 amide bonds. The summed E-state index contributed by atoms with van der Waals surface area (Å²) in [5.41, 5.74) is 1.16. The molecule has 0 radical (unpaired) electrons. The molecular formula is C17H18N2O3. The molecule has 1 aromatic heterocycles. The molecule has 0 aliphatic carbocycles. The van der Waals surface area contributed by atoms with E-state index in [2.05, 4.69) is 10.2 Å². The van der Waals surface area contributed by atoms with Crippen molar-refractivity contribution in [2.75, 3.05) is 19.6 Å². The normalized spacial score (nSPS) is 26.5. The second-order valence-corrected chi connectivity index (χ2v) is 6.31. The molecule has 2 aromatic rings. The number of Topliss-reactive ketones (excluding diaryl/α,β-unsaturated/α-hetero) is 1. The lowest BCUT2D eigenvalue weighted by molar-refractivity contribution is 0.0924. The number of carbonyl (C=O) groups is 2. The summed E-state index contributed by atoms with van der Waals surface area (Å²) in [4.78, 5) is 26.2. The van der Waals surface area contributed by atoms with Crippen molar-refractivity contribution in [3.63, 3.8) is 0 Å². The Kier molecular flexibility index (Phi) is 3.04. The Bertz CT molecular complexity index is 764. The Morgan fingerprint density at radius 3 is 2.82 bits per heavy atom. The second kappa shape index (κ2) is 4.95. The van der Waals surface area contributed by atoms with E-state index in [1.165, 1.54) is 13.3 Å². The lowest BCUT2D eigenvalue weighted by Crippen LogP contribution is -2.43. The fourth-order valence-corrected chi connectivity index (χ4v) is 3.55. The van der Waals surface area contributed by atoms with E-state index < -0.39 is 0 Å². The molecular weight excluding hydrogens is 280 g/mol. The molecule has 2 unspecified atom stereocenters. The van der Waals surface area contributed by atoms with E-state index in [1.54, 1.807) is 18.2 Å². The van der Waals surface area contributed by atoms with Crippen molar-refractivity contribution in [3.05, 3.63) is 35.6 Å². The summed E-state index contributed by atoms with van der Waals surface area (Å²) in [5.74, 6) is 0.730. The van der Waals surface area contributed by atoms with Gasteiger partial charge in [-0.25, -0.2) is 0 Å². The van der Waals surface area contributed by atoms with Crippen molar-refractivity contribution >= 4 is 22.7 Å². The number of amides is 1. The number of ketones is 1. The zero-order valence-corrected chi connectivity index (χ0v) is 12.5. The molecule has 2 aliphatic heterocycles. The summed E-state index contributed by atoms with van der Waals surface area (Å²) in [5, 5.41) is 3.97. The Morgan fingerprint density at radius 1 is 1.27 bits per heavy atom. The molecule has 5 nitrogen and oxygen atoms in total. The average Bonchev–Trinajstić information content (AvgIpc) is 3.20. The van der Waals surface area contributed by atoms with Crippen molar-refractivity contribution in [2.24, 2.45) is 5.92 Å². The van der Waals surface area contributed by atoms with Crippen LogP contribution in [-0.2, 0) is 0 Å². The fourth-order valence-electron chi connectivity index (χ4n) is 3.55. The van der Waals surface area contributed by atoms with Gasteiger partial charge in [-0.2, -0.15) is 0 Å². The summed E-state index contributed by atoms with van der Waals surface area (Å²) in [6.45, 7) is 4.68. The third-order valence-electron chi connectivity index (χ3n) is 4.78. The monoisotopic (exact) mass is 298 g/mol.